The van der Waals surface area contributed by atoms with Crippen LogP contribution in [0, 0.1) is 10.1 Å². The number of methoxy groups -OCH3 is 1. The molecule has 0 aliphatic carbocycles. The highest BCUT2D eigenvalue weighted by Gasteiger charge is 2.26. The molecule has 0 saturated carbocycles. The second kappa shape index (κ2) is 7.46. The Morgan fingerprint density at radius 2 is 2.07 bits per heavy atom. The summed E-state index contributed by atoms with van der Waals surface area (Å²) < 4.78 is 11.7. The van der Waals surface area contributed by atoms with Crippen molar-refractivity contribution in [3.8, 4) is 17.2 Å². The highest BCUT2D eigenvalue weighted by molar-refractivity contribution is 5.81. The zero-order chi connectivity index (χ0) is 21.5. The van der Waals surface area contributed by atoms with Gasteiger partial charge in [-0.25, -0.2) is 4.98 Å². The lowest BCUT2D eigenvalue weighted by Crippen LogP contribution is -2.34. The Morgan fingerprint density at radius 3 is 2.70 bits per heavy atom. The van der Waals surface area contributed by atoms with Crippen molar-refractivity contribution in [2.24, 2.45) is 0 Å². The maximum atomic E-state index is 11.1. The van der Waals surface area contributed by atoms with E-state index in [0.29, 0.717) is 35.0 Å². The van der Waals surface area contributed by atoms with Gasteiger partial charge in [0.15, 0.2) is 5.58 Å². The first-order valence-electron chi connectivity index (χ1n) is 9.70. The minimum atomic E-state index is -0.448. The number of ether oxygens (including phenoxy) is 1. The van der Waals surface area contributed by atoms with Crippen LogP contribution in [0.25, 0.3) is 22.6 Å². The van der Waals surface area contributed by atoms with E-state index in [2.05, 4.69) is 48.1 Å². The standard InChI is InChI=1S/C22H24N4O4/c1-22(2,3)17-11-15(25-9-5-8-23-13-25)10-16(20(17)29-4)21-24-18-7-6-14(26(27)28)12-19(18)30-21/h5-7,9-12,23H,8,13H2,1-4H3. The number of anilines is 1. The number of oxazole rings is 1. The topological polar surface area (TPSA) is 93.7 Å². The van der Waals surface area contributed by atoms with Crippen LogP contribution in [0.4, 0.5) is 11.4 Å². The fraction of sp³-hybridized carbons (Fsp3) is 0.318. The predicted octanol–water partition coefficient (Wildman–Crippen LogP) is 4.59. The number of aromatic nitrogens is 1. The quantitative estimate of drug-likeness (QED) is 0.498. The van der Waals surface area contributed by atoms with E-state index in [1.54, 1.807) is 13.2 Å². The molecule has 2 heterocycles. The van der Waals surface area contributed by atoms with Crippen molar-refractivity contribution in [3.63, 3.8) is 0 Å². The molecule has 0 radical (unpaired) electrons. The van der Waals surface area contributed by atoms with E-state index in [0.717, 1.165) is 17.8 Å². The number of nitrogens with zero attached hydrogens (tertiary/aromatic N) is 3. The Labute approximate surface area is 174 Å². The number of fused-ring (bicyclic) bond motifs is 1. The Hall–Kier alpha value is -3.39. The fourth-order valence-corrected chi connectivity index (χ4v) is 3.54. The smallest absolute Gasteiger partial charge is 0.273 e. The normalized spacial score (nSPS) is 14.3. The molecule has 1 aromatic heterocycles. The van der Waals surface area contributed by atoms with Crippen LogP contribution in [0.2, 0.25) is 0 Å². The monoisotopic (exact) mass is 408 g/mol. The molecule has 8 heteroatoms. The van der Waals surface area contributed by atoms with E-state index in [1.807, 2.05) is 12.3 Å². The molecular weight excluding hydrogens is 384 g/mol. The van der Waals surface area contributed by atoms with Gasteiger partial charge in [-0.1, -0.05) is 26.8 Å². The molecule has 1 aliphatic rings. The minimum absolute atomic E-state index is 0.0363. The summed E-state index contributed by atoms with van der Waals surface area (Å²) >= 11 is 0. The van der Waals surface area contributed by atoms with Crippen LogP contribution in [0.1, 0.15) is 26.3 Å². The van der Waals surface area contributed by atoms with Gasteiger partial charge in [-0.2, -0.15) is 0 Å². The van der Waals surface area contributed by atoms with Gasteiger partial charge in [0.2, 0.25) is 5.89 Å². The molecule has 3 aromatic rings. The zero-order valence-corrected chi connectivity index (χ0v) is 17.4. The summed E-state index contributed by atoms with van der Waals surface area (Å²) in [4.78, 5) is 17.3. The Bertz CT molecular complexity index is 1140. The van der Waals surface area contributed by atoms with Crippen LogP contribution in [0.5, 0.6) is 5.75 Å². The van der Waals surface area contributed by atoms with E-state index in [4.69, 9.17) is 9.15 Å². The van der Waals surface area contributed by atoms with Crippen LogP contribution >= 0.6 is 0 Å². The lowest BCUT2D eigenvalue weighted by molar-refractivity contribution is -0.384. The predicted molar refractivity (Wildman–Crippen MR) is 116 cm³/mol. The van der Waals surface area contributed by atoms with Crippen molar-refractivity contribution in [2.75, 3.05) is 25.2 Å². The summed E-state index contributed by atoms with van der Waals surface area (Å²) in [6, 6.07) is 8.51. The van der Waals surface area contributed by atoms with Crippen molar-refractivity contribution < 1.29 is 14.1 Å². The third-order valence-electron chi connectivity index (χ3n) is 5.06. The van der Waals surface area contributed by atoms with E-state index in [1.165, 1.54) is 12.1 Å². The highest BCUT2D eigenvalue weighted by Crippen LogP contribution is 2.43. The molecule has 2 aromatic carbocycles. The second-order valence-electron chi connectivity index (χ2n) is 8.22. The molecule has 8 nitrogen and oxygen atoms in total. The molecule has 4 rings (SSSR count). The van der Waals surface area contributed by atoms with Crippen molar-refractivity contribution >= 4 is 22.5 Å². The number of benzene rings is 2. The summed E-state index contributed by atoms with van der Waals surface area (Å²) in [5, 5.41) is 14.4. The second-order valence-corrected chi connectivity index (χ2v) is 8.22. The third-order valence-corrected chi connectivity index (χ3v) is 5.06. The lowest BCUT2D eigenvalue weighted by atomic mass is 9.84. The fourth-order valence-electron chi connectivity index (χ4n) is 3.54. The molecule has 0 spiro atoms. The van der Waals surface area contributed by atoms with Crippen molar-refractivity contribution in [3.05, 3.63) is 58.3 Å². The van der Waals surface area contributed by atoms with E-state index in [9.17, 15) is 10.1 Å². The molecule has 1 aliphatic heterocycles. The average molecular weight is 408 g/mol. The Kier molecular flexibility index (Phi) is 4.95. The summed E-state index contributed by atoms with van der Waals surface area (Å²) in [7, 11) is 1.63. The van der Waals surface area contributed by atoms with Gasteiger partial charge in [0, 0.05) is 30.1 Å². The van der Waals surface area contributed by atoms with Crippen LogP contribution in [-0.4, -0.2) is 30.2 Å². The first-order valence-corrected chi connectivity index (χ1v) is 9.70. The Morgan fingerprint density at radius 1 is 1.27 bits per heavy atom. The zero-order valence-electron chi connectivity index (χ0n) is 17.4. The number of nitro benzene ring substituents is 1. The van der Waals surface area contributed by atoms with Gasteiger partial charge in [0.25, 0.3) is 5.69 Å². The van der Waals surface area contributed by atoms with Gasteiger partial charge in [-0.05, 0) is 23.6 Å². The van der Waals surface area contributed by atoms with Crippen molar-refractivity contribution in [1.82, 2.24) is 10.3 Å². The molecule has 0 amide bonds. The van der Waals surface area contributed by atoms with E-state index < -0.39 is 4.92 Å². The molecule has 30 heavy (non-hydrogen) atoms. The number of non-ortho nitro benzene ring substituents is 1. The maximum absolute atomic E-state index is 11.1. The molecule has 0 bridgehead atoms. The summed E-state index contributed by atoms with van der Waals surface area (Å²) in [5.74, 6) is 1.05. The molecule has 156 valence electrons. The van der Waals surface area contributed by atoms with E-state index in [-0.39, 0.29) is 11.1 Å². The van der Waals surface area contributed by atoms with Gasteiger partial charge in [0.05, 0.1) is 30.3 Å². The van der Waals surface area contributed by atoms with Gasteiger partial charge >= 0.3 is 0 Å². The van der Waals surface area contributed by atoms with Crippen LogP contribution in [-0.2, 0) is 5.41 Å². The van der Waals surface area contributed by atoms with Crippen LogP contribution in [0.3, 0.4) is 0 Å². The molecule has 0 atom stereocenters. The van der Waals surface area contributed by atoms with Crippen LogP contribution < -0.4 is 15.0 Å². The molecule has 0 fully saturated rings. The maximum Gasteiger partial charge on any atom is 0.273 e. The van der Waals surface area contributed by atoms with Gasteiger partial charge < -0.3 is 14.1 Å². The number of nitrogens with one attached hydrogen (secondary N) is 1. The van der Waals surface area contributed by atoms with Crippen molar-refractivity contribution in [2.45, 2.75) is 26.2 Å². The lowest BCUT2D eigenvalue weighted by Gasteiger charge is -2.29. The Balaban J connectivity index is 1.93. The first kappa shape index (κ1) is 19.9. The summed E-state index contributed by atoms with van der Waals surface area (Å²) in [6.45, 7) is 7.88. The van der Waals surface area contributed by atoms with Crippen molar-refractivity contribution in [1.29, 1.82) is 0 Å². The molecular formula is C22H24N4O4. The SMILES string of the molecule is COc1c(-c2nc3ccc([N+](=O)[O-])cc3o2)cc(N2C=CCNC2)cc1C(C)(C)C. The third kappa shape index (κ3) is 3.61. The minimum Gasteiger partial charge on any atom is -0.496 e. The molecule has 0 saturated heterocycles. The number of hydrogen-bond acceptors (Lipinski definition) is 7. The van der Waals surface area contributed by atoms with Gasteiger partial charge in [0.1, 0.15) is 11.3 Å². The first-order chi connectivity index (χ1) is 14.3. The molecule has 0 unspecified atom stereocenters. The largest absolute Gasteiger partial charge is 0.496 e. The van der Waals surface area contributed by atoms with E-state index >= 15 is 0 Å². The highest BCUT2D eigenvalue weighted by atomic mass is 16.6. The summed E-state index contributed by atoms with van der Waals surface area (Å²) in [6.07, 6.45) is 4.10. The summed E-state index contributed by atoms with van der Waals surface area (Å²) in [5.41, 5.74) is 3.40. The average Bonchev–Trinajstić information content (AvgIpc) is 3.16. The molecule has 1 N–H and O–H groups in total. The number of hydrogen-bond donors (Lipinski definition) is 1. The van der Waals surface area contributed by atoms with Gasteiger partial charge in [-0.3, -0.25) is 15.4 Å². The van der Waals surface area contributed by atoms with Crippen LogP contribution in [0.15, 0.2) is 47.0 Å². The number of nitro groups is 1. The van der Waals surface area contributed by atoms with Gasteiger partial charge in [-0.15, -0.1) is 0 Å². The number of rotatable bonds is 4.